The zero-order chi connectivity index (χ0) is 14.5. The van der Waals surface area contributed by atoms with Crippen LogP contribution in [0, 0.1) is 5.92 Å². The Kier molecular flexibility index (Phi) is 4.71. The average molecular weight is 278 g/mol. The Morgan fingerprint density at radius 1 is 1.15 bits per heavy atom. The second-order valence-corrected chi connectivity index (χ2v) is 5.34. The molecule has 110 valence electrons. The Morgan fingerprint density at radius 2 is 1.85 bits per heavy atom. The van der Waals surface area contributed by atoms with E-state index >= 15 is 0 Å². The molecule has 0 aliphatic carbocycles. The number of ether oxygens (including phenoxy) is 2. The highest BCUT2D eigenvalue weighted by atomic mass is 16.5. The van der Waals surface area contributed by atoms with Crippen molar-refractivity contribution in [3.63, 3.8) is 0 Å². The average Bonchev–Trinajstić information content (AvgIpc) is 2.63. The van der Waals surface area contributed by atoms with E-state index in [0.717, 1.165) is 12.2 Å². The van der Waals surface area contributed by atoms with E-state index in [1.807, 2.05) is 19.1 Å². The highest BCUT2D eigenvalue weighted by molar-refractivity contribution is 5.89. The lowest BCUT2D eigenvalue weighted by atomic mass is 10.1. The van der Waals surface area contributed by atoms with E-state index in [-0.39, 0.29) is 12.1 Å². The van der Waals surface area contributed by atoms with Crippen molar-refractivity contribution < 1.29 is 14.3 Å². The minimum Gasteiger partial charge on any atom is -0.490 e. The topological polar surface area (TPSA) is 59.6 Å². The summed E-state index contributed by atoms with van der Waals surface area (Å²) in [6.07, 6.45) is 0.865. The maximum atomic E-state index is 11.9. The van der Waals surface area contributed by atoms with Crippen LogP contribution in [0.15, 0.2) is 18.2 Å². The first kappa shape index (κ1) is 14.5. The van der Waals surface area contributed by atoms with Crippen LogP contribution >= 0.6 is 0 Å². The summed E-state index contributed by atoms with van der Waals surface area (Å²) in [5.74, 6) is 1.80. The van der Waals surface area contributed by atoms with Crippen molar-refractivity contribution in [3.05, 3.63) is 18.2 Å². The van der Waals surface area contributed by atoms with Gasteiger partial charge in [-0.3, -0.25) is 0 Å². The van der Waals surface area contributed by atoms with Crippen molar-refractivity contribution in [1.29, 1.82) is 0 Å². The molecule has 5 nitrogen and oxygen atoms in total. The Morgan fingerprint density at radius 3 is 2.55 bits per heavy atom. The van der Waals surface area contributed by atoms with Crippen LogP contribution in [0.2, 0.25) is 0 Å². The predicted molar refractivity (Wildman–Crippen MR) is 78.5 cm³/mol. The van der Waals surface area contributed by atoms with Crippen molar-refractivity contribution in [2.45, 2.75) is 33.2 Å². The third-order valence-corrected chi connectivity index (χ3v) is 3.36. The lowest BCUT2D eigenvalue weighted by Crippen LogP contribution is -2.38. The van der Waals surface area contributed by atoms with E-state index < -0.39 is 0 Å². The van der Waals surface area contributed by atoms with E-state index in [2.05, 4.69) is 24.5 Å². The summed E-state index contributed by atoms with van der Waals surface area (Å²) in [6, 6.07) is 5.34. The molecule has 0 bridgehead atoms. The normalized spacial score (nSPS) is 15.4. The van der Waals surface area contributed by atoms with Crippen LogP contribution in [-0.4, -0.2) is 25.3 Å². The fraction of sp³-hybridized carbons (Fsp3) is 0.533. The maximum Gasteiger partial charge on any atom is 0.319 e. The van der Waals surface area contributed by atoms with Crippen LogP contribution in [0.3, 0.4) is 0 Å². The predicted octanol–water partition coefficient (Wildman–Crippen LogP) is 3.01. The summed E-state index contributed by atoms with van der Waals surface area (Å²) in [5, 5.41) is 5.71. The van der Waals surface area contributed by atoms with Gasteiger partial charge in [0, 0.05) is 24.2 Å². The summed E-state index contributed by atoms with van der Waals surface area (Å²) in [7, 11) is 0. The van der Waals surface area contributed by atoms with Gasteiger partial charge in [0.2, 0.25) is 0 Å². The number of nitrogens with one attached hydrogen (secondary N) is 2. The van der Waals surface area contributed by atoms with Gasteiger partial charge in [-0.05, 0) is 25.0 Å². The molecule has 20 heavy (non-hydrogen) atoms. The third kappa shape index (κ3) is 3.79. The Balaban J connectivity index is 1.99. The van der Waals surface area contributed by atoms with Gasteiger partial charge in [-0.2, -0.15) is 0 Å². The highest BCUT2D eigenvalue weighted by Gasteiger charge is 2.13. The quantitative estimate of drug-likeness (QED) is 0.893. The first-order valence-corrected chi connectivity index (χ1v) is 7.03. The molecule has 1 atom stereocenters. The van der Waals surface area contributed by atoms with Crippen LogP contribution in [-0.2, 0) is 0 Å². The Bertz CT molecular complexity index is 474. The van der Waals surface area contributed by atoms with Crippen molar-refractivity contribution >= 4 is 11.7 Å². The molecule has 1 heterocycles. The largest absolute Gasteiger partial charge is 0.490 e. The van der Waals surface area contributed by atoms with Crippen LogP contribution in [0.25, 0.3) is 0 Å². The van der Waals surface area contributed by atoms with Gasteiger partial charge in [0.15, 0.2) is 11.5 Å². The zero-order valence-corrected chi connectivity index (χ0v) is 12.2. The molecule has 2 amide bonds. The Labute approximate surface area is 119 Å². The molecule has 1 aromatic carbocycles. The summed E-state index contributed by atoms with van der Waals surface area (Å²) in [6.45, 7) is 7.41. The number of carbonyl (C=O) groups is 1. The molecule has 0 saturated carbocycles. The first-order valence-electron chi connectivity index (χ1n) is 7.03. The first-order chi connectivity index (χ1) is 9.56. The van der Waals surface area contributed by atoms with Gasteiger partial charge in [0.1, 0.15) is 0 Å². The van der Waals surface area contributed by atoms with E-state index in [0.29, 0.717) is 30.6 Å². The standard InChI is InChI=1S/C15H22N2O3/c1-10(2)11(3)16-15(18)17-12-5-6-13-14(9-12)20-8-4-7-19-13/h5-6,9-11H,4,7-8H2,1-3H3,(H2,16,17,18). The van der Waals surface area contributed by atoms with Crippen molar-refractivity contribution in [3.8, 4) is 11.5 Å². The number of fused-ring (bicyclic) bond motifs is 1. The second-order valence-electron chi connectivity index (χ2n) is 5.34. The zero-order valence-electron chi connectivity index (χ0n) is 12.2. The molecule has 0 radical (unpaired) electrons. The number of hydrogen-bond acceptors (Lipinski definition) is 3. The molecule has 1 aliphatic heterocycles. The van der Waals surface area contributed by atoms with Crippen LogP contribution in [0.1, 0.15) is 27.2 Å². The smallest absolute Gasteiger partial charge is 0.319 e. The summed E-state index contributed by atoms with van der Waals surface area (Å²) < 4.78 is 11.1. The fourth-order valence-electron chi connectivity index (χ4n) is 1.78. The van der Waals surface area contributed by atoms with Crippen LogP contribution < -0.4 is 20.1 Å². The Hall–Kier alpha value is -1.91. The molecule has 1 aliphatic rings. The molecule has 1 aromatic rings. The molecular formula is C15H22N2O3. The number of urea groups is 1. The molecule has 0 aromatic heterocycles. The highest BCUT2D eigenvalue weighted by Crippen LogP contribution is 2.32. The number of benzene rings is 1. The van der Waals surface area contributed by atoms with E-state index in [1.165, 1.54) is 0 Å². The van der Waals surface area contributed by atoms with E-state index in [4.69, 9.17) is 9.47 Å². The van der Waals surface area contributed by atoms with Crippen LogP contribution in [0.5, 0.6) is 11.5 Å². The maximum absolute atomic E-state index is 11.9. The number of anilines is 1. The van der Waals surface area contributed by atoms with Crippen molar-refractivity contribution in [1.82, 2.24) is 5.32 Å². The minimum atomic E-state index is -0.208. The lowest BCUT2D eigenvalue weighted by molar-refractivity contribution is 0.246. The van der Waals surface area contributed by atoms with Crippen molar-refractivity contribution in [2.24, 2.45) is 5.92 Å². The van der Waals surface area contributed by atoms with Gasteiger partial charge in [-0.15, -0.1) is 0 Å². The molecular weight excluding hydrogens is 256 g/mol. The van der Waals surface area contributed by atoms with Gasteiger partial charge in [0.05, 0.1) is 13.2 Å². The molecule has 2 rings (SSSR count). The van der Waals surface area contributed by atoms with Gasteiger partial charge >= 0.3 is 6.03 Å². The second kappa shape index (κ2) is 6.50. The third-order valence-electron chi connectivity index (χ3n) is 3.36. The number of hydrogen-bond donors (Lipinski definition) is 2. The van der Waals surface area contributed by atoms with Gasteiger partial charge < -0.3 is 20.1 Å². The summed E-state index contributed by atoms with van der Waals surface area (Å²) in [5.41, 5.74) is 0.697. The minimum absolute atomic E-state index is 0.121. The van der Waals surface area contributed by atoms with E-state index in [9.17, 15) is 4.79 Å². The number of rotatable bonds is 3. The monoisotopic (exact) mass is 278 g/mol. The molecule has 5 heteroatoms. The SMILES string of the molecule is CC(C)C(C)NC(=O)Nc1ccc2c(c1)OCCCO2. The number of amides is 2. The molecule has 0 saturated heterocycles. The number of carbonyl (C=O) groups excluding carboxylic acids is 1. The van der Waals surface area contributed by atoms with Gasteiger partial charge in [0.25, 0.3) is 0 Å². The van der Waals surface area contributed by atoms with Crippen LogP contribution in [0.4, 0.5) is 10.5 Å². The fourth-order valence-corrected chi connectivity index (χ4v) is 1.78. The van der Waals surface area contributed by atoms with Gasteiger partial charge in [-0.1, -0.05) is 13.8 Å². The van der Waals surface area contributed by atoms with Gasteiger partial charge in [-0.25, -0.2) is 4.79 Å². The molecule has 1 unspecified atom stereocenters. The molecule has 0 fully saturated rings. The van der Waals surface area contributed by atoms with Crippen molar-refractivity contribution in [2.75, 3.05) is 18.5 Å². The van der Waals surface area contributed by atoms with E-state index in [1.54, 1.807) is 6.07 Å². The lowest BCUT2D eigenvalue weighted by Gasteiger charge is -2.18. The molecule has 0 spiro atoms. The molecule has 2 N–H and O–H groups in total. The summed E-state index contributed by atoms with van der Waals surface area (Å²) in [4.78, 5) is 11.9. The summed E-state index contributed by atoms with van der Waals surface area (Å²) >= 11 is 0.